The van der Waals surface area contributed by atoms with Crippen LogP contribution in [-0.2, 0) is 22.3 Å². The number of nitriles is 1. The molecule has 2 aliphatic heterocycles. The van der Waals surface area contributed by atoms with Gasteiger partial charge < -0.3 is 9.64 Å². The maximum atomic E-state index is 13.8. The van der Waals surface area contributed by atoms with E-state index in [4.69, 9.17) is 4.74 Å². The molecule has 11 nitrogen and oxygen atoms in total. The maximum absolute atomic E-state index is 13.8. The summed E-state index contributed by atoms with van der Waals surface area (Å²) in [6.45, 7) is 6.89. The van der Waals surface area contributed by atoms with Crippen LogP contribution in [0.3, 0.4) is 0 Å². The Morgan fingerprint density at radius 1 is 1.15 bits per heavy atom. The van der Waals surface area contributed by atoms with Gasteiger partial charge >= 0.3 is 12.1 Å². The summed E-state index contributed by atoms with van der Waals surface area (Å²) in [6, 6.07) is 5.05. The number of nitrogens with zero attached hydrogens (tertiary/aromatic N) is 7. The highest BCUT2D eigenvalue weighted by Gasteiger charge is 2.33. The molecule has 3 aromatic rings. The third kappa shape index (κ3) is 9.01. The fraction of sp³-hybridized carbons (Fsp3) is 0.500. The number of hydrogen-bond donors (Lipinski definition) is 1. The molecular weight excluding hydrogens is 666 g/mol. The molecule has 0 radical (unpaired) electrons. The van der Waals surface area contributed by atoms with Crippen molar-refractivity contribution in [1.82, 2.24) is 24.8 Å². The number of halogens is 3. The molecule has 4 heterocycles. The Morgan fingerprint density at radius 2 is 1.94 bits per heavy atom. The average molecular weight is 703 g/mol. The van der Waals surface area contributed by atoms with E-state index in [9.17, 15) is 28.0 Å². The summed E-state index contributed by atoms with van der Waals surface area (Å²) < 4.78 is 46.0. The fourth-order valence-corrected chi connectivity index (χ4v) is 7.89. The van der Waals surface area contributed by atoms with Gasteiger partial charge in [-0.05, 0) is 49.8 Å². The van der Waals surface area contributed by atoms with Gasteiger partial charge in [-0.2, -0.15) is 18.4 Å². The maximum Gasteiger partial charge on any atom is 0.416 e. The number of thioether (sulfide) groups is 1. The number of methoxy groups -OCH3 is 1. The first kappa shape index (κ1) is 35.5. The van der Waals surface area contributed by atoms with E-state index in [2.05, 4.69) is 41.9 Å². The number of carbonyl (C=O) groups is 2. The van der Waals surface area contributed by atoms with Crippen LogP contribution in [0.25, 0.3) is 11.3 Å². The van der Waals surface area contributed by atoms with E-state index in [1.807, 2.05) is 17.8 Å². The Labute approximate surface area is 285 Å². The minimum atomic E-state index is -4.64. The van der Waals surface area contributed by atoms with Gasteiger partial charge in [0, 0.05) is 49.7 Å². The molecule has 2 fully saturated rings. The lowest BCUT2D eigenvalue weighted by atomic mass is 10.0. The van der Waals surface area contributed by atoms with Crippen molar-refractivity contribution in [1.29, 1.82) is 5.26 Å². The van der Waals surface area contributed by atoms with Gasteiger partial charge in [0.05, 0.1) is 54.2 Å². The molecule has 0 bridgehead atoms. The summed E-state index contributed by atoms with van der Waals surface area (Å²) in [7, 11) is 1.37. The van der Waals surface area contributed by atoms with Crippen molar-refractivity contribution in [2.45, 2.75) is 50.7 Å². The van der Waals surface area contributed by atoms with E-state index in [1.165, 1.54) is 36.9 Å². The molecule has 1 atom stereocenters. The van der Waals surface area contributed by atoms with Gasteiger partial charge in [-0.25, -0.2) is 15.0 Å². The van der Waals surface area contributed by atoms with E-state index < -0.39 is 17.6 Å². The summed E-state index contributed by atoms with van der Waals surface area (Å²) in [5.41, 5.74) is -0.525. The number of alkyl halides is 3. The molecule has 2 saturated heterocycles. The second-order valence-electron chi connectivity index (χ2n) is 11.5. The van der Waals surface area contributed by atoms with Crippen LogP contribution in [0.4, 0.5) is 24.1 Å². The molecule has 1 unspecified atom stereocenters. The summed E-state index contributed by atoms with van der Waals surface area (Å²) in [6.07, 6.45) is 1.68. The van der Waals surface area contributed by atoms with Gasteiger partial charge in [-0.3, -0.25) is 24.7 Å². The zero-order valence-electron chi connectivity index (χ0n) is 26.8. The lowest BCUT2D eigenvalue weighted by molar-refractivity contribution is -0.141. The first-order valence-electron chi connectivity index (χ1n) is 15.7. The van der Waals surface area contributed by atoms with Gasteiger partial charge in [0.25, 0.3) is 5.91 Å². The van der Waals surface area contributed by atoms with Crippen molar-refractivity contribution in [3.05, 3.63) is 52.3 Å². The number of anilines is 2. The Hall–Kier alpha value is -3.78. The number of hydrogen-bond acceptors (Lipinski definition) is 12. The molecule has 5 rings (SSSR count). The normalized spacial score (nSPS) is 17.3. The van der Waals surface area contributed by atoms with Crippen LogP contribution in [-0.4, -0.2) is 94.1 Å². The zero-order valence-corrected chi connectivity index (χ0v) is 28.4. The number of rotatable bonds is 12. The SMILES string of the molecule is CCCSC1CCCN1Cc1sc(NC(=O)c2cnc(N3CCN(CCC(=O)OC)CC3)cn2)nc1-c1cc(C#N)cc(C(F)(F)F)c1. The Balaban J connectivity index is 1.33. The number of likely N-dealkylation sites (tertiary alicyclic amines) is 1. The largest absolute Gasteiger partial charge is 0.469 e. The smallest absolute Gasteiger partial charge is 0.416 e. The summed E-state index contributed by atoms with van der Waals surface area (Å²) in [5, 5.41) is 12.8. The van der Waals surface area contributed by atoms with Crippen molar-refractivity contribution in [2.24, 2.45) is 0 Å². The van der Waals surface area contributed by atoms with Crippen LogP contribution in [0.15, 0.2) is 30.6 Å². The van der Waals surface area contributed by atoms with Gasteiger partial charge in [-0.15, -0.1) is 11.8 Å². The number of nitrogens with one attached hydrogen (secondary N) is 1. The molecule has 0 spiro atoms. The molecule has 48 heavy (non-hydrogen) atoms. The number of benzene rings is 1. The summed E-state index contributed by atoms with van der Waals surface area (Å²) >= 11 is 3.07. The highest BCUT2D eigenvalue weighted by molar-refractivity contribution is 7.99. The first-order valence-corrected chi connectivity index (χ1v) is 17.6. The highest BCUT2D eigenvalue weighted by Crippen LogP contribution is 2.39. The minimum absolute atomic E-state index is 0.0650. The standard InChI is InChI=1S/C32H37F3N8O3S2/c1-3-13-47-27-5-4-7-43(27)20-25-29(22-14-21(17-36)15-23(16-22)32(33,34)35)39-31(48-25)40-30(45)24-18-38-26(19-37-24)42-11-9-41(10-12-42)8-6-28(44)46-2/h14-16,18-19,27H,3-13,20H2,1-2H3,(H,39,40,45). The molecule has 0 aliphatic carbocycles. The van der Waals surface area contributed by atoms with Gasteiger partial charge in [0.15, 0.2) is 5.13 Å². The average Bonchev–Trinajstić information content (AvgIpc) is 3.72. The van der Waals surface area contributed by atoms with Crippen molar-refractivity contribution in [3.8, 4) is 17.3 Å². The molecule has 0 saturated carbocycles. The topological polar surface area (TPSA) is 128 Å². The number of thiazole rings is 1. The predicted octanol–water partition coefficient (Wildman–Crippen LogP) is 5.49. The highest BCUT2D eigenvalue weighted by atomic mass is 32.2. The van der Waals surface area contributed by atoms with Crippen molar-refractivity contribution in [3.63, 3.8) is 0 Å². The van der Waals surface area contributed by atoms with E-state index in [-0.39, 0.29) is 33.3 Å². The van der Waals surface area contributed by atoms with Crippen LogP contribution >= 0.6 is 23.1 Å². The molecular formula is C32H37F3N8O3S2. The first-order chi connectivity index (χ1) is 23.1. The van der Waals surface area contributed by atoms with Gasteiger partial charge in [0.2, 0.25) is 0 Å². The minimum Gasteiger partial charge on any atom is -0.469 e. The third-order valence-electron chi connectivity index (χ3n) is 8.17. The zero-order chi connectivity index (χ0) is 34.3. The number of esters is 1. The molecule has 2 aromatic heterocycles. The lowest BCUT2D eigenvalue weighted by Crippen LogP contribution is -2.47. The Kier molecular flexibility index (Phi) is 11.9. The summed E-state index contributed by atoms with van der Waals surface area (Å²) in [4.78, 5) is 45.3. The molecule has 1 amide bonds. The van der Waals surface area contributed by atoms with E-state index >= 15 is 0 Å². The second-order valence-corrected chi connectivity index (χ2v) is 13.9. The predicted molar refractivity (Wildman–Crippen MR) is 179 cm³/mol. The van der Waals surface area contributed by atoms with Crippen molar-refractivity contribution in [2.75, 3.05) is 62.3 Å². The van der Waals surface area contributed by atoms with Crippen LogP contribution in [0.1, 0.15) is 59.1 Å². The molecule has 256 valence electrons. The third-order valence-corrected chi connectivity index (χ3v) is 10.7. The Morgan fingerprint density at radius 3 is 2.60 bits per heavy atom. The monoisotopic (exact) mass is 702 g/mol. The van der Waals surface area contributed by atoms with E-state index in [0.29, 0.717) is 49.0 Å². The quantitative estimate of drug-likeness (QED) is 0.241. The molecule has 2 aliphatic rings. The lowest BCUT2D eigenvalue weighted by Gasteiger charge is -2.35. The number of amides is 1. The molecule has 1 aromatic carbocycles. The van der Waals surface area contributed by atoms with Crippen molar-refractivity contribution < 1.29 is 27.5 Å². The van der Waals surface area contributed by atoms with Gasteiger partial charge in [0.1, 0.15) is 11.5 Å². The number of ether oxygens (including phenoxy) is 1. The molecule has 16 heteroatoms. The van der Waals surface area contributed by atoms with Crippen LogP contribution in [0, 0.1) is 11.3 Å². The van der Waals surface area contributed by atoms with Crippen molar-refractivity contribution >= 4 is 45.9 Å². The number of piperazine rings is 1. The van der Waals surface area contributed by atoms with Crippen LogP contribution in [0.5, 0.6) is 0 Å². The van der Waals surface area contributed by atoms with E-state index in [0.717, 1.165) is 56.8 Å². The fourth-order valence-electron chi connectivity index (χ4n) is 5.65. The number of aromatic nitrogens is 3. The Bertz CT molecular complexity index is 1620. The van der Waals surface area contributed by atoms with E-state index in [1.54, 1.807) is 0 Å². The number of carbonyl (C=O) groups excluding carboxylic acids is 2. The second kappa shape index (κ2) is 16.1. The van der Waals surface area contributed by atoms with Crippen LogP contribution in [0.2, 0.25) is 0 Å². The summed E-state index contributed by atoms with van der Waals surface area (Å²) in [5.74, 6) is 0.835. The van der Waals surface area contributed by atoms with Gasteiger partial charge in [-0.1, -0.05) is 18.3 Å². The molecule has 1 N–H and O–H groups in total. The van der Waals surface area contributed by atoms with Crippen LogP contribution < -0.4 is 10.2 Å².